The molecule has 3 nitrogen and oxygen atoms in total. The molecule has 0 fully saturated rings. The second-order valence-corrected chi connectivity index (χ2v) is 5.33. The Morgan fingerprint density at radius 2 is 1.81 bits per heavy atom. The number of nitrogens with zero attached hydrogens (tertiary/aromatic N) is 1. The highest BCUT2D eigenvalue weighted by atomic mass is 16.1. The fraction of sp³-hybridized carbons (Fsp3) is 0.615. The van der Waals surface area contributed by atoms with Crippen LogP contribution in [-0.2, 0) is 6.54 Å². The largest absolute Gasteiger partial charge is 0.353 e. The molecule has 0 aliphatic carbocycles. The van der Waals surface area contributed by atoms with Crippen LogP contribution in [0.25, 0.3) is 0 Å². The Balaban J connectivity index is 2.16. The Bertz CT molecular complexity index is 342. The minimum Gasteiger partial charge on any atom is -0.353 e. The molecule has 0 unspecified atom stereocenters. The Kier molecular flexibility index (Phi) is 4.74. The Morgan fingerprint density at radius 1 is 1.19 bits per heavy atom. The zero-order valence-corrected chi connectivity index (χ0v) is 10.5. The van der Waals surface area contributed by atoms with Crippen molar-refractivity contribution in [3.8, 4) is 0 Å². The number of pyridine rings is 1. The molecule has 0 aromatic carbocycles. The van der Waals surface area contributed by atoms with Crippen molar-refractivity contribution in [3.05, 3.63) is 34.7 Å². The lowest BCUT2D eigenvalue weighted by Crippen LogP contribution is -2.24. The molecule has 1 aromatic rings. The van der Waals surface area contributed by atoms with E-state index >= 15 is 0 Å². The van der Waals surface area contributed by atoms with E-state index in [2.05, 4.69) is 26.1 Å². The first-order chi connectivity index (χ1) is 7.47. The molecule has 1 rings (SSSR count). The smallest absolute Gasteiger partial charge is 0.181 e. The minimum atomic E-state index is 0.0666. The summed E-state index contributed by atoms with van der Waals surface area (Å²) in [6.45, 7) is 9.64. The van der Waals surface area contributed by atoms with E-state index in [4.69, 9.17) is 0 Å². The van der Waals surface area contributed by atoms with Crippen LogP contribution in [0.5, 0.6) is 0 Å². The first-order valence-electron chi connectivity index (χ1n) is 5.84. The number of rotatable bonds is 5. The van der Waals surface area contributed by atoms with Gasteiger partial charge in [-0.05, 0) is 18.4 Å². The van der Waals surface area contributed by atoms with Gasteiger partial charge in [0.15, 0.2) is 5.43 Å². The Labute approximate surface area is 97.5 Å². The van der Waals surface area contributed by atoms with Crippen LogP contribution in [0.15, 0.2) is 29.3 Å². The molecule has 90 valence electrons. The van der Waals surface area contributed by atoms with Crippen molar-refractivity contribution in [1.82, 2.24) is 9.88 Å². The molecular weight excluding hydrogens is 200 g/mol. The van der Waals surface area contributed by atoms with E-state index in [-0.39, 0.29) is 5.43 Å². The van der Waals surface area contributed by atoms with Crippen molar-refractivity contribution >= 4 is 0 Å². The predicted octanol–water partition coefficient (Wildman–Crippen LogP) is 1.87. The fourth-order valence-corrected chi connectivity index (χ4v) is 1.39. The van der Waals surface area contributed by atoms with Gasteiger partial charge >= 0.3 is 0 Å². The van der Waals surface area contributed by atoms with Crippen LogP contribution in [0.3, 0.4) is 0 Å². The molecule has 0 radical (unpaired) electrons. The van der Waals surface area contributed by atoms with Gasteiger partial charge in [-0.2, -0.15) is 0 Å². The average molecular weight is 222 g/mol. The molecule has 0 aliphatic heterocycles. The summed E-state index contributed by atoms with van der Waals surface area (Å²) in [5.41, 5.74) is 0.460. The van der Waals surface area contributed by atoms with Gasteiger partial charge in [0, 0.05) is 37.6 Å². The molecule has 0 atom stereocenters. The summed E-state index contributed by atoms with van der Waals surface area (Å²) in [6, 6.07) is 3.18. The molecule has 1 N–H and O–H groups in total. The second-order valence-electron chi connectivity index (χ2n) is 5.33. The van der Waals surface area contributed by atoms with Crippen LogP contribution in [-0.4, -0.2) is 17.7 Å². The molecule has 0 spiro atoms. The van der Waals surface area contributed by atoms with Gasteiger partial charge in [0.25, 0.3) is 0 Å². The summed E-state index contributed by atoms with van der Waals surface area (Å²) in [7, 11) is 0. The number of hydrogen-bond donors (Lipinski definition) is 1. The Hall–Kier alpha value is -1.09. The highest BCUT2D eigenvalue weighted by molar-refractivity contribution is 4.93. The van der Waals surface area contributed by atoms with Crippen LogP contribution in [0.4, 0.5) is 0 Å². The van der Waals surface area contributed by atoms with Gasteiger partial charge in [-0.15, -0.1) is 0 Å². The van der Waals surface area contributed by atoms with Crippen molar-refractivity contribution in [3.63, 3.8) is 0 Å². The molecule has 0 aliphatic rings. The highest BCUT2D eigenvalue weighted by Gasteiger charge is 2.08. The highest BCUT2D eigenvalue weighted by Crippen LogP contribution is 2.16. The van der Waals surface area contributed by atoms with E-state index in [0.29, 0.717) is 5.41 Å². The third-order valence-electron chi connectivity index (χ3n) is 2.46. The first-order valence-corrected chi connectivity index (χ1v) is 5.84. The monoisotopic (exact) mass is 222 g/mol. The molecule has 16 heavy (non-hydrogen) atoms. The predicted molar refractivity (Wildman–Crippen MR) is 67.6 cm³/mol. The first kappa shape index (κ1) is 13.0. The van der Waals surface area contributed by atoms with Crippen LogP contribution >= 0.6 is 0 Å². The maximum absolute atomic E-state index is 10.9. The van der Waals surface area contributed by atoms with E-state index < -0.39 is 0 Å². The summed E-state index contributed by atoms with van der Waals surface area (Å²) < 4.78 is 2.02. The molecule has 0 saturated heterocycles. The summed E-state index contributed by atoms with van der Waals surface area (Å²) in [5.74, 6) is 0. The molecule has 0 saturated carbocycles. The molecular formula is C13H22N2O. The van der Waals surface area contributed by atoms with Gasteiger partial charge in [0.1, 0.15) is 0 Å². The van der Waals surface area contributed by atoms with Crippen molar-refractivity contribution in [2.24, 2.45) is 5.41 Å². The van der Waals surface area contributed by atoms with Gasteiger partial charge in [-0.25, -0.2) is 0 Å². The van der Waals surface area contributed by atoms with E-state index in [9.17, 15) is 4.79 Å². The molecule has 0 bridgehead atoms. The van der Waals surface area contributed by atoms with E-state index in [1.807, 2.05) is 17.0 Å². The van der Waals surface area contributed by atoms with Crippen LogP contribution in [0.1, 0.15) is 27.2 Å². The van der Waals surface area contributed by atoms with E-state index in [1.165, 1.54) is 6.42 Å². The summed E-state index contributed by atoms with van der Waals surface area (Å²) in [6.07, 6.45) is 4.83. The number of hydrogen-bond acceptors (Lipinski definition) is 2. The third-order valence-corrected chi connectivity index (χ3v) is 2.46. The van der Waals surface area contributed by atoms with E-state index in [0.717, 1.165) is 19.6 Å². The topological polar surface area (TPSA) is 34.0 Å². The Morgan fingerprint density at radius 3 is 2.38 bits per heavy atom. The lowest BCUT2D eigenvalue weighted by atomic mass is 9.92. The van der Waals surface area contributed by atoms with Gasteiger partial charge < -0.3 is 9.88 Å². The van der Waals surface area contributed by atoms with Crippen molar-refractivity contribution in [2.45, 2.75) is 33.7 Å². The number of aromatic nitrogens is 1. The summed E-state index contributed by atoms with van der Waals surface area (Å²) in [4.78, 5) is 10.9. The van der Waals surface area contributed by atoms with Crippen LogP contribution in [0.2, 0.25) is 0 Å². The normalized spacial score (nSPS) is 11.7. The van der Waals surface area contributed by atoms with Crippen LogP contribution < -0.4 is 10.7 Å². The zero-order valence-electron chi connectivity index (χ0n) is 10.5. The summed E-state index contributed by atoms with van der Waals surface area (Å²) >= 11 is 0. The third kappa shape index (κ3) is 5.71. The molecule has 3 heteroatoms. The van der Waals surface area contributed by atoms with Gasteiger partial charge in [0.05, 0.1) is 0 Å². The average Bonchev–Trinajstić information content (AvgIpc) is 2.19. The molecule has 0 amide bonds. The second kappa shape index (κ2) is 5.85. The molecule has 1 aromatic heterocycles. The van der Waals surface area contributed by atoms with Crippen LogP contribution in [0, 0.1) is 5.41 Å². The van der Waals surface area contributed by atoms with Crippen molar-refractivity contribution in [1.29, 1.82) is 0 Å². The zero-order chi connectivity index (χ0) is 12.0. The quantitative estimate of drug-likeness (QED) is 0.772. The fourth-order valence-electron chi connectivity index (χ4n) is 1.39. The van der Waals surface area contributed by atoms with Crippen molar-refractivity contribution in [2.75, 3.05) is 13.1 Å². The lowest BCUT2D eigenvalue weighted by Gasteiger charge is -2.18. The SMILES string of the molecule is CC(C)(C)CCNCCn1ccc(=O)cc1. The maximum atomic E-state index is 10.9. The van der Waals surface area contributed by atoms with Gasteiger partial charge in [0.2, 0.25) is 0 Å². The standard InChI is InChI=1S/C13H22N2O/c1-13(2,3)6-7-14-8-11-15-9-4-12(16)5-10-15/h4-5,9-10,14H,6-8,11H2,1-3H3. The maximum Gasteiger partial charge on any atom is 0.181 e. The number of nitrogens with one attached hydrogen (secondary N) is 1. The summed E-state index contributed by atoms with van der Waals surface area (Å²) in [5, 5.41) is 3.41. The van der Waals surface area contributed by atoms with Crippen molar-refractivity contribution < 1.29 is 0 Å². The van der Waals surface area contributed by atoms with Gasteiger partial charge in [-0.3, -0.25) is 4.79 Å². The minimum absolute atomic E-state index is 0.0666. The van der Waals surface area contributed by atoms with E-state index in [1.54, 1.807) is 12.1 Å². The lowest BCUT2D eigenvalue weighted by molar-refractivity contribution is 0.365. The molecule has 1 heterocycles. The van der Waals surface area contributed by atoms with Gasteiger partial charge in [-0.1, -0.05) is 20.8 Å².